The van der Waals surface area contributed by atoms with E-state index in [-0.39, 0.29) is 11.8 Å². The van der Waals surface area contributed by atoms with Crippen LogP contribution in [-0.2, 0) is 4.79 Å². The highest BCUT2D eigenvalue weighted by Gasteiger charge is 2.34. The maximum Gasteiger partial charge on any atom is 0.251 e. The Bertz CT molecular complexity index is 277. The molecule has 1 atom stereocenters. The molecule has 0 bridgehead atoms. The number of carbonyl (C=O) groups is 1. The molecular weight excluding hydrogens is 188 g/mol. The molecular formula is C12H20N2O. The molecule has 1 fully saturated rings. The van der Waals surface area contributed by atoms with E-state index in [1.54, 1.807) is 5.01 Å². The van der Waals surface area contributed by atoms with Crippen LogP contribution in [0.15, 0.2) is 5.10 Å². The lowest BCUT2D eigenvalue weighted by Crippen LogP contribution is -2.35. The van der Waals surface area contributed by atoms with Crippen molar-refractivity contribution in [2.75, 3.05) is 0 Å². The maximum atomic E-state index is 11.9. The Labute approximate surface area is 91.5 Å². The summed E-state index contributed by atoms with van der Waals surface area (Å²) < 4.78 is 0. The molecule has 0 aromatic heterocycles. The molecule has 0 radical (unpaired) electrons. The van der Waals surface area contributed by atoms with Crippen LogP contribution in [0.3, 0.4) is 0 Å². The van der Waals surface area contributed by atoms with Crippen LogP contribution in [0, 0.1) is 5.92 Å². The van der Waals surface area contributed by atoms with Crippen molar-refractivity contribution < 1.29 is 4.79 Å². The van der Waals surface area contributed by atoms with Crippen molar-refractivity contribution in [2.24, 2.45) is 11.0 Å². The van der Waals surface area contributed by atoms with Crippen LogP contribution in [0.2, 0.25) is 0 Å². The fraction of sp³-hybridized carbons (Fsp3) is 0.833. The van der Waals surface area contributed by atoms with E-state index in [4.69, 9.17) is 0 Å². The van der Waals surface area contributed by atoms with Gasteiger partial charge < -0.3 is 0 Å². The molecule has 1 heterocycles. The van der Waals surface area contributed by atoms with Crippen LogP contribution in [0.4, 0.5) is 0 Å². The summed E-state index contributed by atoms with van der Waals surface area (Å²) in [6.45, 7) is 3.91. The lowest BCUT2D eigenvalue weighted by Gasteiger charge is -2.23. The van der Waals surface area contributed by atoms with E-state index in [1.807, 2.05) is 13.8 Å². The third kappa shape index (κ3) is 2.06. The minimum atomic E-state index is 0.00764. The van der Waals surface area contributed by atoms with Crippen molar-refractivity contribution in [3.63, 3.8) is 0 Å². The van der Waals surface area contributed by atoms with Crippen LogP contribution in [0.1, 0.15) is 52.4 Å². The van der Waals surface area contributed by atoms with Crippen LogP contribution in [0.5, 0.6) is 0 Å². The van der Waals surface area contributed by atoms with E-state index < -0.39 is 0 Å². The van der Waals surface area contributed by atoms with Crippen molar-refractivity contribution in [3.05, 3.63) is 0 Å². The van der Waals surface area contributed by atoms with Gasteiger partial charge in [0, 0.05) is 5.71 Å². The number of hydrogen-bond acceptors (Lipinski definition) is 2. The SMILES string of the molecule is CC1=NN(C2CCCCCC2)C(=O)C1C. The smallest absolute Gasteiger partial charge is 0.251 e. The van der Waals surface area contributed by atoms with Gasteiger partial charge in [-0.05, 0) is 26.7 Å². The highest BCUT2D eigenvalue weighted by Crippen LogP contribution is 2.26. The van der Waals surface area contributed by atoms with Gasteiger partial charge in [-0.25, -0.2) is 5.01 Å². The van der Waals surface area contributed by atoms with Crippen LogP contribution >= 0.6 is 0 Å². The van der Waals surface area contributed by atoms with Crippen molar-refractivity contribution in [1.82, 2.24) is 5.01 Å². The van der Waals surface area contributed by atoms with E-state index in [0.717, 1.165) is 18.6 Å². The average molecular weight is 208 g/mol. The van der Waals surface area contributed by atoms with Gasteiger partial charge in [0.15, 0.2) is 0 Å². The summed E-state index contributed by atoms with van der Waals surface area (Å²) in [4.78, 5) is 11.9. The predicted molar refractivity (Wildman–Crippen MR) is 60.6 cm³/mol. The van der Waals surface area contributed by atoms with E-state index in [2.05, 4.69) is 5.10 Å². The molecule has 3 heteroatoms. The van der Waals surface area contributed by atoms with Gasteiger partial charge in [0.05, 0.1) is 12.0 Å². The number of amides is 1. The van der Waals surface area contributed by atoms with Gasteiger partial charge in [-0.3, -0.25) is 4.79 Å². The fourth-order valence-corrected chi connectivity index (χ4v) is 2.45. The molecule has 1 amide bonds. The topological polar surface area (TPSA) is 32.7 Å². The molecule has 2 aliphatic rings. The van der Waals surface area contributed by atoms with Gasteiger partial charge in [-0.1, -0.05) is 25.7 Å². The summed E-state index contributed by atoms with van der Waals surface area (Å²) in [5, 5.41) is 6.19. The van der Waals surface area contributed by atoms with Gasteiger partial charge in [-0.2, -0.15) is 5.10 Å². The first-order valence-corrected chi connectivity index (χ1v) is 6.08. The van der Waals surface area contributed by atoms with E-state index in [0.29, 0.717) is 6.04 Å². The summed E-state index contributed by atoms with van der Waals surface area (Å²) in [7, 11) is 0. The molecule has 84 valence electrons. The molecule has 3 nitrogen and oxygen atoms in total. The summed E-state index contributed by atoms with van der Waals surface area (Å²) in [6, 6.07) is 0.375. The number of rotatable bonds is 1. The van der Waals surface area contributed by atoms with Gasteiger partial charge >= 0.3 is 0 Å². The number of hydrazone groups is 1. The monoisotopic (exact) mass is 208 g/mol. The van der Waals surface area contributed by atoms with Gasteiger partial charge in [0.25, 0.3) is 5.91 Å². The molecule has 0 spiro atoms. The minimum absolute atomic E-state index is 0.00764. The van der Waals surface area contributed by atoms with Crippen molar-refractivity contribution in [1.29, 1.82) is 0 Å². The highest BCUT2D eigenvalue weighted by atomic mass is 16.2. The molecule has 15 heavy (non-hydrogen) atoms. The average Bonchev–Trinajstić information content (AvgIpc) is 2.51. The molecule has 1 saturated carbocycles. The molecule has 2 rings (SSSR count). The molecule has 1 unspecified atom stereocenters. The number of nitrogens with zero attached hydrogens (tertiary/aromatic N) is 2. The standard InChI is InChI=1S/C12H20N2O/c1-9-10(2)13-14(12(9)15)11-7-5-3-4-6-8-11/h9,11H,3-8H2,1-2H3. The normalized spacial score (nSPS) is 29.2. The molecule has 0 aromatic carbocycles. The Kier molecular flexibility index (Phi) is 3.08. The Hall–Kier alpha value is -0.860. The zero-order valence-electron chi connectivity index (χ0n) is 9.70. The number of carbonyl (C=O) groups excluding carboxylic acids is 1. The molecule has 0 N–H and O–H groups in total. The van der Waals surface area contributed by atoms with Gasteiger partial charge in [-0.15, -0.1) is 0 Å². The largest absolute Gasteiger partial charge is 0.272 e. The summed E-state index contributed by atoms with van der Waals surface area (Å²) >= 11 is 0. The van der Waals surface area contributed by atoms with E-state index >= 15 is 0 Å². The van der Waals surface area contributed by atoms with Gasteiger partial charge in [0.2, 0.25) is 0 Å². The fourth-order valence-electron chi connectivity index (χ4n) is 2.45. The Morgan fingerprint density at radius 3 is 2.27 bits per heavy atom. The van der Waals surface area contributed by atoms with E-state index in [1.165, 1.54) is 25.7 Å². The Morgan fingerprint density at radius 2 is 1.80 bits per heavy atom. The maximum absolute atomic E-state index is 11.9. The van der Waals surface area contributed by atoms with Gasteiger partial charge in [0.1, 0.15) is 0 Å². The molecule has 1 aliphatic heterocycles. The first-order valence-electron chi connectivity index (χ1n) is 6.08. The second-order valence-electron chi connectivity index (χ2n) is 4.79. The van der Waals surface area contributed by atoms with Crippen molar-refractivity contribution in [3.8, 4) is 0 Å². The highest BCUT2D eigenvalue weighted by molar-refractivity contribution is 6.06. The van der Waals surface area contributed by atoms with E-state index in [9.17, 15) is 4.79 Å². The second kappa shape index (κ2) is 4.33. The molecule has 0 aromatic rings. The summed E-state index contributed by atoms with van der Waals surface area (Å²) in [5.41, 5.74) is 0.976. The molecule has 1 aliphatic carbocycles. The van der Waals surface area contributed by atoms with Crippen LogP contribution in [-0.4, -0.2) is 22.7 Å². The van der Waals surface area contributed by atoms with Crippen molar-refractivity contribution in [2.45, 2.75) is 58.4 Å². The summed E-state index contributed by atoms with van der Waals surface area (Å²) in [6.07, 6.45) is 7.40. The third-order valence-electron chi connectivity index (χ3n) is 3.66. The predicted octanol–water partition coefficient (Wildman–Crippen LogP) is 2.56. The summed E-state index contributed by atoms with van der Waals surface area (Å²) in [5.74, 6) is 0.215. The van der Waals surface area contributed by atoms with Crippen LogP contribution in [0.25, 0.3) is 0 Å². The zero-order chi connectivity index (χ0) is 10.8. The minimum Gasteiger partial charge on any atom is -0.272 e. The first-order chi connectivity index (χ1) is 7.20. The lowest BCUT2D eigenvalue weighted by atomic mass is 10.1. The number of hydrogen-bond donors (Lipinski definition) is 0. The second-order valence-corrected chi connectivity index (χ2v) is 4.79. The molecule has 0 saturated heterocycles. The first kappa shape index (κ1) is 10.7. The van der Waals surface area contributed by atoms with Crippen LogP contribution < -0.4 is 0 Å². The van der Waals surface area contributed by atoms with Crippen molar-refractivity contribution >= 4 is 11.6 Å². The third-order valence-corrected chi connectivity index (χ3v) is 3.66. The Morgan fingerprint density at radius 1 is 1.20 bits per heavy atom. The zero-order valence-corrected chi connectivity index (χ0v) is 9.70. The Balaban J connectivity index is 2.06. The lowest BCUT2D eigenvalue weighted by molar-refractivity contribution is -0.133. The quantitative estimate of drug-likeness (QED) is 0.609.